The highest BCUT2D eigenvalue weighted by Crippen LogP contribution is 2.26. The summed E-state index contributed by atoms with van der Waals surface area (Å²) in [5, 5.41) is 4.34. The van der Waals surface area contributed by atoms with Crippen molar-refractivity contribution in [1.82, 2.24) is 15.2 Å². The van der Waals surface area contributed by atoms with Gasteiger partial charge in [0.1, 0.15) is 0 Å². The third-order valence-electron chi connectivity index (χ3n) is 2.88. The number of hydrogen-bond acceptors (Lipinski definition) is 3. The Morgan fingerprint density at radius 2 is 2.27 bits per heavy atom. The van der Waals surface area contributed by atoms with E-state index in [1.165, 1.54) is 18.4 Å². The van der Waals surface area contributed by atoms with Crippen LogP contribution in [-0.2, 0) is 7.05 Å². The molecular weight excluding hydrogens is 188 g/mol. The van der Waals surface area contributed by atoms with Crippen molar-refractivity contribution in [3.05, 3.63) is 17.5 Å². The van der Waals surface area contributed by atoms with Gasteiger partial charge in [-0.25, -0.2) is 0 Å². The maximum Gasteiger partial charge on any atom is 0.0642 e. The van der Waals surface area contributed by atoms with Crippen LogP contribution >= 0.6 is 0 Å². The number of hydrogen-bond donors (Lipinski definition) is 2. The van der Waals surface area contributed by atoms with Gasteiger partial charge < -0.3 is 0 Å². The molecule has 0 aliphatic carbocycles. The molecule has 0 saturated heterocycles. The van der Waals surface area contributed by atoms with Crippen LogP contribution in [0.1, 0.15) is 44.0 Å². The summed E-state index contributed by atoms with van der Waals surface area (Å²) in [7, 11) is 1.94. The van der Waals surface area contributed by atoms with E-state index in [9.17, 15) is 0 Å². The number of nitrogens with zero attached hydrogens (tertiary/aromatic N) is 2. The Hall–Kier alpha value is -0.870. The fourth-order valence-corrected chi connectivity index (χ4v) is 2.11. The molecule has 15 heavy (non-hydrogen) atoms. The molecule has 2 unspecified atom stereocenters. The second kappa shape index (κ2) is 5.28. The van der Waals surface area contributed by atoms with Gasteiger partial charge in [-0.1, -0.05) is 20.3 Å². The first-order valence-corrected chi connectivity index (χ1v) is 5.56. The molecule has 0 radical (unpaired) electrons. The zero-order chi connectivity index (χ0) is 11.4. The van der Waals surface area contributed by atoms with Crippen LogP contribution in [0.3, 0.4) is 0 Å². The second-order valence-electron chi connectivity index (χ2n) is 4.25. The van der Waals surface area contributed by atoms with E-state index in [2.05, 4.69) is 24.4 Å². The molecule has 0 bridgehead atoms. The number of hydrazine groups is 1. The molecule has 0 aliphatic rings. The molecule has 1 heterocycles. The largest absolute Gasteiger partial charge is 0.275 e. The quantitative estimate of drug-likeness (QED) is 0.574. The van der Waals surface area contributed by atoms with Crippen molar-refractivity contribution in [3.63, 3.8) is 0 Å². The summed E-state index contributed by atoms with van der Waals surface area (Å²) >= 11 is 0. The highest BCUT2D eigenvalue weighted by molar-refractivity contribution is 5.20. The minimum absolute atomic E-state index is 0.207. The van der Waals surface area contributed by atoms with Gasteiger partial charge in [0.2, 0.25) is 0 Å². The van der Waals surface area contributed by atoms with Gasteiger partial charge in [0.05, 0.1) is 11.7 Å². The fraction of sp³-hybridized carbons (Fsp3) is 0.727. The summed E-state index contributed by atoms with van der Waals surface area (Å²) in [6, 6.07) is 0.207. The van der Waals surface area contributed by atoms with Gasteiger partial charge in [0.25, 0.3) is 0 Å². The maximum absolute atomic E-state index is 5.63. The predicted molar refractivity (Wildman–Crippen MR) is 62.1 cm³/mol. The standard InChI is InChI=1S/C11H22N4/c1-5-6-8(2)11(13-12)10-7-15(4)14-9(10)3/h7-8,11,13H,5-6,12H2,1-4H3. The van der Waals surface area contributed by atoms with E-state index >= 15 is 0 Å². The van der Waals surface area contributed by atoms with Crippen LogP contribution in [0, 0.1) is 12.8 Å². The van der Waals surface area contributed by atoms with Crippen LogP contribution < -0.4 is 11.3 Å². The van der Waals surface area contributed by atoms with Gasteiger partial charge in [-0.3, -0.25) is 16.0 Å². The van der Waals surface area contributed by atoms with E-state index in [-0.39, 0.29) is 6.04 Å². The van der Waals surface area contributed by atoms with Crippen molar-refractivity contribution in [2.75, 3.05) is 0 Å². The SMILES string of the molecule is CCCC(C)C(NN)c1cn(C)nc1C. The molecular formula is C11H22N4. The fourth-order valence-electron chi connectivity index (χ4n) is 2.11. The topological polar surface area (TPSA) is 55.9 Å². The lowest BCUT2D eigenvalue weighted by Crippen LogP contribution is -2.32. The lowest BCUT2D eigenvalue weighted by Gasteiger charge is -2.22. The Balaban J connectivity index is 2.86. The monoisotopic (exact) mass is 210 g/mol. The molecule has 0 fully saturated rings. The molecule has 2 atom stereocenters. The van der Waals surface area contributed by atoms with Crippen LogP contribution in [-0.4, -0.2) is 9.78 Å². The number of nitrogens with one attached hydrogen (secondary N) is 1. The predicted octanol–water partition coefficient (Wildman–Crippen LogP) is 1.67. The van der Waals surface area contributed by atoms with E-state index in [1.807, 2.05) is 24.9 Å². The van der Waals surface area contributed by atoms with Gasteiger partial charge in [0, 0.05) is 18.8 Å². The first-order valence-electron chi connectivity index (χ1n) is 5.56. The normalized spacial score (nSPS) is 15.3. The molecule has 1 aromatic rings. The van der Waals surface area contributed by atoms with Crippen molar-refractivity contribution in [1.29, 1.82) is 0 Å². The van der Waals surface area contributed by atoms with E-state index in [4.69, 9.17) is 5.84 Å². The summed E-state index contributed by atoms with van der Waals surface area (Å²) in [4.78, 5) is 0. The van der Waals surface area contributed by atoms with Crippen molar-refractivity contribution < 1.29 is 0 Å². The van der Waals surface area contributed by atoms with Gasteiger partial charge in [0.15, 0.2) is 0 Å². The number of nitrogens with two attached hydrogens (primary N) is 1. The third-order valence-corrected chi connectivity index (χ3v) is 2.88. The highest BCUT2D eigenvalue weighted by Gasteiger charge is 2.20. The van der Waals surface area contributed by atoms with Crippen LogP contribution in [0.4, 0.5) is 0 Å². The van der Waals surface area contributed by atoms with Gasteiger partial charge in [-0.2, -0.15) is 5.10 Å². The summed E-state index contributed by atoms with van der Waals surface area (Å²) in [6.45, 7) is 6.44. The van der Waals surface area contributed by atoms with E-state index in [0.29, 0.717) is 5.92 Å². The van der Waals surface area contributed by atoms with E-state index < -0.39 is 0 Å². The van der Waals surface area contributed by atoms with Crippen LogP contribution in [0.25, 0.3) is 0 Å². The summed E-state index contributed by atoms with van der Waals surface area (Å²) in [5.41, 5.74) is 5.17. The smallest absolute Gasteiger partial charge is 0.0642 e. The summed E-state index contributed by atoms with van der Waals surface area (Å²) in [5.74, 6) is 6.16. The summed E-state index contributed by atoms with van der Waals surface area (Å²) in [6.07, 6.45) is 4.40. The van der Waals surface area contributed by atoms with Crippen molar-refractivity contribution in [3.8, 4) is 0 Å². The zero-order valence-electron chi connectivity index (χ0n) is 10.1. The Kier molecular flexibility index (Phi) is 4.29. The Morgan fingerprint density at radius 3 is 2.67 bits per heavy atom. The van der Waals surface area contributed by atoms with Crippen LogP contribution in [0.2, 0.25) is 0 Å². The average Bonchev–Trinajstić information content (AvgIpc) is 2.47. The molecule has 1 aromatic heterocycles. The molecule has 86 valence electrons. The molecule has 0 aliphatic heterocycles. The molecule has 0 saturated carbocycles. The molecule has 4 nitrogen and oxygen atoms in total. The first kappa shape index (κ1) is 12.2. The van der Waals surface area contributed by atoms with Crippen molar-refractivity contribution in [2.24, 2.45) is 18.8 Å². The van der Waals surface area contributed by atoms with E-state index in [1.54, 1.807) is 0 Å². The van der Waals surface area contributed by atoms with Crippen LogP contribution in [0.15, 0.2) is 6.20 Å². The zero-order valence-corrected chi connectivity index (χ0v) is 10.1. The molecule has 0 spiro atoms. The number of rotatable bonds is 5. The molecule has 1 rings (SSSR count). The van der Waals surface area contributed by atoms with Crippen molar-refractivity contribution in [2.45, 2.75) is 39.7 Å². The number of aromatic nitrogens is 2. The Bertz CT molecular complexity index is 306. The lowest BCUT2D eigenvalue weighted by atomic mass is 9.92. The van der Waals surface area contributed by atoms with Gasteiger partial charge >= 0.3 is 0 Å². The molecule has 4 heteroatoms. The first-order chi connectivity index (χ1) is 7.10. The van der Waals surface area contributed by atoms with Gasteiger partial charge in [-0.05, 0) is 19.3 Å². The number of aryl methyl sites for hydroxylation is 2. The minimum Gasteiger partial charge on any atom is -0.275 e. The minimum atomic E-state index is 0.207. The third kappa shape index (κ3) is 2.79. The van der Waals surface area contributed by atoms with E-state index in [0.717, 1.165) is 5.69 Å². The highest BCUT2D eigenvalue weighted by atomic mass is 15.3. The maximum atomic E-state index is 5.63. The Labute approximate surface area is 91.8 Å². The molecule has 0 aromatic carbocycles. The van der Waals surface area contributed by atoms with Crippen LogP contribution in [0.5, 0.6) is 0 Å². The lowest BCUT2D eigenvalue weighted by molar-refractivity contribution is 0.367. The average molecular weight is 210 g/mol. The summed E-state index contributed by atoms with van der Waals surface area (Å²) < 4.78 is 1.84. The Morgan fingerprint density at radius 1 is 1.60 bits per heavy atom. The molecule has 3 N–H and O–H groups in total. The van der Waals surface area contributed by atoms with Crippen molar-refractivity contribution >= 4 is 0 Å². The molecule has 0 amide bonds. The van der Waals surface area contributed by atoms with Gasteiger partial charge in [-0.15, -0.1) is 0 Å². The second-order valence-corrected chi connectivity index (χ2v) is 4.25.